The first-order valence-corrected chi connectivity index (χ1v) is 3.46. The molecule has 11 heavy (non-hydrogen) atoms. The fraction of sp³-hybridized carbons (Fsp3) is 0.571. The van der Waals surface area contributed by atoms with Crippen molar-refractivity contribution in [2.45, 2.75) is 20.3 Å². The number of carbonyl (C=O) groups excluding carboxylic acids is 1. The molecular formula is C7H13NO3. The predicted octanol–water partition coefficient (Wildman–Crippen LogP) is 0.860. The second kappa shape index (κ2) is 4.60. The Bertz CT molecular complexity index is 171. The summed E-state index contributed by atoms with van der Waals surface area (Å²) in [6.45, 7) is 3.81. The molecule has 0 aromatic carbocycles. The van der Waals surface area contributed by atoms with Crippen LogP contribution in [0.4, 0.5) is 0 Å². The average molecular weight is 159 g/mol. The molecule has 0 atom stereocenters. The van der Waals surface area contributed by atoms with Gasteiger partial charge in [-0.2, -0.15) is 0 Å². The Morgan fingerprint density at radius 2 is 2.00 bits per heavy atom. The van der Waals surface area contributed by atoms with E-state index in [2.05, 4.69) is 5.32 Å². The van der Waals surface area contributed by atoms with Gasteiger partial charge < -0.3 is 15.5 Å². The number of hydrogen-bond donors (Lipinski definition) is 3. The highest BCUT2D eigenvalue weighted by Gasteiger charge is 2.07. The van der Waals surface area contributed by atoms with E-state index in [1.165, 1.54) is 6.92 Å². The van der Waals surface area contributed by atoms with Crippen molar-refractivity contribution < 1.29 is 15.0 Å². The zero-order valence-corrected chi connectivity index (χ0v) is 6.72. The molecule has 0 saturated heterocycles. The average Bonchev–Trinajstić information content (AvgIpc) is 1.98. The van der Waals surface area contributed by atoms with E-state index in [4.69, 9.17) is 10.2 Å². The van der Waals surface area contributed by atoms with Crippen LogP contribution in [0.5, 0.6) is 0 Å². The van der Waals surface area contributed by atoms with Gasteiger partial charge in [0.15, 0.2) is 0 Å². The first-order chi connectivity index (χ1) is 5.09. The van der Waals surface area contributed by atoms with Gasteiger partial charge >= 0.3 is 0 Å². The van der Waals surface area contributed by atoms with Crippen molar-refractivity contribution in [1.29, 1.82) is 0 Å². The lowest BCUT2D eigenvalue weighted by Crippen LogP contribution is -2.25. The molecule has 0 fully saturated rings. The third kappa shape index (κ3) is 3.50. The van der Waals surface area contributed by atoms with E-state index >= 15 is 0 Å². The number of hydrogen-bond acceptors (Lipinski definition) is 3. The van der Waals surface area contributed by atoms with Gasteiger partial charge in [0.25, 0.3) is 11.9 Å². The quantitative estimate of drug-likeness (QED) is 0.422. The summed E-state index contributed by atoms with van der Waals surface area (Å²) in [5, 5.41) is 19.4. The third-order valence-corrected chi connectivity index (χ3v) is 1.21. The number of nitrogens with one attached hydrogen (secondary N) is 1. The number of aliphatic hydroxyl groups excluding tert-OH is 1. The molecule has 0 unspecified atom stereocenters. The van der Waals surface area contributed by atoms with Gasteiger partial charge in [0, 0.05) is 6.54 Å². The third-order valence-electron chi connectivity index (χ3n) is 1.21. The maximum atomic E-state index is 10.9. The van der Waals surface area contributed by atoms with Gasteiger partial charge in [-0.15, -0.1) is 0 Å². The molecular weight excluding hydrogens is 146 g/mol. The topological polar surface area (TPSA) is 69.6 Å². The Hall–Kier alpha value is -1.19. The van der Waals surface area contributed by atoms with Gasteiger partial charge in [0.2, 0.25) is 0 Å². The number of carbonyl (C=O) groups is 1. The number of rotatable bonds is 3. The lowest BCUT2D eigenvalue weighted by atomic mass is 10.3. The molecule has 0 aromatic rings. The molecule has 4 heteroatoms. The molecule has 0 radical (unpaired) electrons. The molecule has 0 aliphatic carbocycles. The van der Waals surface area contributed by atoms with Crippen molar-refractivity contribution >= 4 is 5.91 Å². The maximum absolute atomic E-state index is 10.9. The van der Waals surface area contributed by atoms with Crippen molar-refractivity contribution in [3.05, 3.63) is 11.5 Å². The molecule has 0 saturated carbocycles. The molecule has 0 spiro atoms. The fourth-order valence-electron chi connectivity index (χ4n) is 0.473. The van der Waals surface area contributed by atoms with E-state index in [9.17, 15) is 4.79 Å². The summed E-state index contributed by atoms with van der Waals surface area (Å²) >= 11 is 0. The molecule has 1 amide bonds. The Labute approximate surface area is 65.5 Å². The van der Waals surface area contributed by atoms with Crippen LogP contribution in [0.2, 0.25) is 0 Å². The highest BCUT2D eigenvalue weighted by atomic mass is 16.5. The van der Waals surface area contributed by atoms with Gasteiger partial charge in [0.05, 0.1) is 5.57 Å². The van der Waals surface area contributed by atoms with Crippen molar-refractivity contribution in [3.63, 3.8) is 0 Å². The molecule has 0 aliphatic rings. The molecule has 0 rings (SSSR count). The van der Waals surface area contributed by atoms with Crippen LogP contribution in [0.3, 0.4) is 0 Å². The van der Waals surface area contributed by atoms with Crippen molar-refractivity contribution in [1.82, 2.24) is 5.32 Å². The summed E-state index contributed by atoms with van der Waals surface area (Å²) in [6, 6.07) is 0. The van der Waals surface area contributed by atoms with Gasteiger partial charge in [-0.1, -0.05) is 6.92 Å². The predicted molar refractivity (Wildman–Crippen MR) is 41.3 cm³/mol. The van der Waals surface area contributed by atoms with E-state index in [1.807, 2.05) is 6.92 Å². The van der Waals surface area contributed by atoms with Crippen LogP contribution in [0.15, 0.2) is 11.5 Å². The largest absolute Gasteiger partial charge is 0.481 e. The molecule has 4 nitrogen and oxygen atoms in total. The Balaban J connectivity index is 3.95. The van der Waals surface area contributed by atoms with Crippen molar-refractivity contribution in [2.24, 2.45) is 0 Å². The Morgan fingerprint density at radius 1 is 1.45 bits per heavy atom. The van der Waals surface area contributed by atoms with Gasteiger partial charge in [0.1, 0.15) is 0 Å². The monoisotopic (exact) mass is 159 g/mol. The normalized spacial score (nSPS) is 8.91. The van der Waals surface area contributed by atoms with Crippen LogP contribution in [0.25, 0.3) is 0 Å². The van der Waals surface area contributed by atoms with Gasteiger partial charge in [-0.25, -0.2) is 0 Å². The van der Waals surface area contributed by atoms with E-state index in [0.717, 1.165) is 6.42 Å². The van der Waals surface area contributed by atoms with E-state index in [0.29, 0.717) is 6.54 Å². The molecule has 0 heterocycles. The Morgan fingerprint density at radius 3 is 2.36 bits per heavy atom. The highest BCUT2D eigenvalue weighted by Crippen LogP contribution is 1.95. The van der Waals surface area contributed by atoms with Crippen LogP contribution in [-0.2, 0) is 4.79 Å². The summed E-state index contributed by atoms with van der Waals surface area (Å²) < 4.78 is 0. The zero-order valence-electron chi connectivity index (χ0n) is 6.72. The summed E-state index contributed by atoms with van der Waals surface area (Å²) in [5.74, 6) is -1.36. The molecule has 0 aromatic heterocycles. The zero-order chi connectivity index (χ0) is 8.85. The summed E-state index contributed by atoms with van der Waals surface area (Å²) in [5.41, 5.74) is -0.0570. The van der Waals surface area contributed by atoms with Crippen molar-refractivity contribution in [3.8, 4) is 0 Å². The van der Waals surface area contributed by atoms with Gasteiger partial charge in [-0.3, -0.25) is 4.79 Å². The van der Waals surface area contributed by atoms with Crippen LogP contribution >= 0.6 is 0 Å². The second-order valence-corrected chi connectivity index (χ2v) is 2.20. The first kappa shape index (κ1) is 9.81. The summed E-state index contributed by atoms with van der Waals surface area (Å²) in [7, 11) is 0. The molecule has 3 N–H and O–H groups in total. The lowest BCUT2D eigenvalue weighted by molar-refractivity contribution is -0.117. The smallest absolute Gasteiger partial charge is 0.282 e. The minimum absolute atomic E-state index is 0.0570. The van der Waals surface area contributed by atoms with Crippen LogP contribution in [0.1, 0.15) is 20.3 Å². The fourth-order valence-corrected chi connectivity index (χ4v) is 0.473. The minimum Gasteiger partial charge on any atom is -0.481 e. The standard InChI is InChI=1S/C7H13NO3/c1-3-4-8-6(9)5(2)7(10)11/h10-11H,3-4H2,1-2H3,(H,8,9). The lowest BCUT2D eigenvalue weighted by Gasteiger charge is -2.02. The summed E-state index contributed by atoms with van der Waals surface area (Å²) in [4.78, 5) is 10.9. The minimum atomic E-state index is -0.918. The highest BCUT2D eigenvalue weighted by molar-refractivity contribution is 5.92. The second-order valence-electron chi connectivity index (χ2n) is 2.20. The Kier molecular flexibility index (Phi) is 4.10. The van der Waals surface area contributed by atoms with Crippen LogP contribution in [0, 0.1) is 0 Å². The van der Waals surface area contributed by atoms with Crippen molar-refractivity contribution in [2.75, 3.05) is 6.54 Å². The molecule has 64 valence electrons. The summed E-state index contributed by atoms with van der Waals surface area (Å²) in [6.07, 6.45) is 0.825. The SMILES string of the molecule is CCCNC(=O)C(C)=C(O)O. The maximum Gasteiger partial charge on any atom is 0.282 e. The van der Waals surface area contributed by atoms with E-state index in [-0.39, 0.29) is 5.57 Å². The van der Waals surface area contributed by atoms with E-state index < -0.39 is 11.9 Å². The van der Waals surface area contributed by atoms with Crippen LogP contribution in [-0.4, -0.2) is 22.7 Å². The van der Waals surface area contributed by atoms with Crippen LogP contribution < -0.4 is 5.32 Å². The van der Waals surface area contributed by atoms with E-state index in [1.54, 1.807) is 0 Å². The number of amides is 1. The first-order valence-electron chi connectivity index (χ1n) is 3.46. The van der Waals surface area contributed by atoms with Gasteiger partial charge in [-0.05, 0) is 13.3 Å². The molecule has 0 aliphatic heterocycles. The molecule has 0 bridgehead atoms. The number of aliphatic hydroxyl groups is 2.